The minimum absolute atomic E-state index is 0. The van der Waals surface area contributed by atoms with Crippen LogP contribution in [0.3, 0.4) is 0 Å². The molecule has 1 heterocycles. The van der Waals surface area contributed by atoms with Crippen LogP contribution in [0.25, 0.3) is 0 Å². The second-order valence-corrected chi connectivity index (χ2v) is 4.23. The van der Waals surface area contributed by atoms with Crippen LogP contribution in [0.4, 0.5) is 0 Å². The van der Waals surface area contributed by atoms with Gasteiger partial charge >= 0.3 is 18.9 Å². The van der Waals surface area contributed by atoms with E-state index in [1.165, 1.54) is 0 Å². The number of nitrogens with zero attached hydrogens (tertiary/aromatic N) is 2. The molecule has 0 spiro atoms. The molecule has 0 atom stereocenters. The predicted octanol–water partition coefficient (Wildman–Crippen LogP) is -1.61. The molecule has 0 fully saturated rings. The topological polar surface area (TPSA) is 48.3 Å². The fraction of sp³-hybridized carbons (Fsp3) is 0.455. The Labute approximate surface area is 103 Å². The zero-order valence-electron chi connectivity index (χ0n) is 9.82. The summed E-state index contributed by atoms with van der Waals surface area (Å²) in [5.41, 5.74) is 0.576. The Morgan fingerprint density at radius 3 is 2.60 bits per heavy atom. The quantitative estimate of drug-likeness (QED) is 0.326. The summed E-state index contributed by atoms with van der Waals surface area (Å²) >= 11 is 0. The summed E-state index contributed by atoms with van der Waals surface area (Å²) in [5.74, 6) is -0.0682. The summed E-state index contributed by atoms with van der Waals surface area (Å²) in [6.07, 6.45) is 3.43. The predicted molar refractivity (Wildman–Crippen MR) is 54.8 cm³/mol. The Balaban J connectivity index is 0.00000196. The maximum atomic E-state index is 11.5. The standard InChI is InChI=1S/C11H16N2O.Li/c1-11(2,3)10(14)13-8-9-5-4-6-12-7-9;/h4-7H,8H2,1-3H3,(H,13,14);/q;+1/p-1. The molecule has 0 unspecified atom stereocenters. The third-order valence-electron chi connectivity index (χ3n) is 1.77. The molecular weight excluding hydrogens is 183 g/mol. The average Bonchev–Trinajstić information content (AvgIpc) is 2.14. The van der Waals surface area contributed by atoms with Gasteiger partial charge in [-0.2, -0.15) is 0 Å². The number of pyridine rings is 1. The summed E-state index contributed by atoms with van der Waals surface area (Å²) in [6.45, 7) is 6.01. The van der Waals surface area contributed by atoms with Crippen LogP contribution in [-0.2, 0) is 6.54 Å². The molecule has 0 aromatic carbocycles. The molecular formula is C11H15LiN2O. The number of aromatic nitrogens is 1. The first kappa shape index (κ1) is 14.2. The van der Waals surface area contributed by atoms with Crippen molar-refractivity contribution < 1.29 is 24.0 Å². The average molecular weight is 198 g/mol. The summed E-state index contributed by atoms with van der Waals surface area (Å²) < 4.78 is 0. The van der Waals surface area contributed by atoms with Gasteiger partial charge < -0.3 is 10.1 Å². The maximum absolute atomic E-state index is 11.5. The number of aliphatic imine (C=N–C) groups is 1. The van der Waals surface area contributed by atoms with Gasteiger partial charge in [-0.1, -0.05) is 26.8 Å². The van der Waals surface area contributed by atoms with Gasteiger partial charge in [0.1, 0.15) is 0 Å². The van der Waals surface area contributed by atoms with E-state index < -0.39 is 0 Å². The summed E-state index contributed by atoms with van der Waals surface area (Å²) in [5, 5.41) is 11.5. The fourth-order valence-electron chi connectivity index (χ4n) is 0.892. The smallest absolute Gasteiger partial charge is 0.862 e. The van der Waals surface area contributed by atoms with E-state index in [9.17, 15) is 5.11 Å². The number of hydrogen-bond donors (Lipinski definition) is 0. The van der Waals surface area contributed by atoms with E-state index in [4.69, 9.17) is 0 Å². The first-order valence-corrected chi connectivity index (χ1v) is 4.61. The zero-order chi connectivity index (χ0) is 10.6. The number of hydrogen-bond acceptors (Lipinski definition) is 3. The SMILES string of the molecule is CC(C)(C)C([O-])=NCc1cccnc1.[Li+]. The van der Waals surface area contributed by atoms with Gasteiger partial charge in [0.05, 0.1) is 6.54 Å². The van der Waals surface area contributed by atoms with Crippen LogP contribution in [0.1, 0.15) is 26.3 Å². The van der Waals surface area contributed by atoms with Crippen LogP contribution in [0, 0.1) is 5.41 Å². The second-order valence-electron chi connectivity index (χ2n) is 4.23. The first-order valence-electron chi connectivity index (χ1n) is 4.61. The van der Waals surface area contributed by atoms with Crippen molar-refractivity contribution in [3.8, 4) is 0 Å². The summed E-state index contributed by atoms with van der Waals surface area (Å²) in [6, 6.07) is 3.75. The van der Waals surface area contributed by atoms with Gasteiger partial charge in [0.15, 0.2) is 0 Å². The summed E-state index contributed by atoms with van der Waals surface area (Å²) in [7, 11) is 0. The molecule has 0 amide bonds. The molecule has 4 heteroatoms. The first-order chi connectivity index (χ1) is 6.50. The number of rotatable bonds is 2. The minimum atomic E-state index is -0.387. The molecule has 3 nitrogen and oxygen atoms in total. The van der Waals surface area contributed by atoms with Gasteiger partial charge in [-0.3, -0.25) is 4.98 Å². The van der Waals surface area contributed by atoms with Crippen molar-refractivity contribution in [2.45, 2.75) is 27.3 Å². The van der Waals surface area contributed by atoms with E-state index in [-0.39, 0.29) is 30.2 Å². The Bertz CT molecular complexity index is 317. The molecule has 0 saturated carbocycles. The van der Waals surface area contributed by atoms with Crippen LogP contribution >= 0.6 is 0 Å². The Kier molecular flexibility index (Phi) is 5.63. The monoisotopic (exact) mass is 198 g/mol. The van der Waals surface area contributed by atoms with Crippen molar-refractivity contribution in [1.29, 1.82) is 0 Å². The third kappa shape index (κ3) is 5.01. The Hall–Kier alpha value is -0.783. The molecule has 0 aliphatic heterocycles. The van der Waals surface area contributed by atoms with Crippen molar-refractivity contribution in [1.82, 2.24) is 4.98 Å². The molecule has 15 heavy (non-hydrogen) atoms. The molecule has 0 saturated heterocycles. The normalized spacial score (nSPS) is 12.1. The zero-order valence-corrected chi connectivity index (χ0v) is 9.82. The van der Waals surface area contributed by atoms with Crippen LogP contribution in [0.15, 0.2) is 29.5 Å². The molecule has 1 rings (SSSR count). The molecule has 0 bridgehead atoms. The van der Waals surface area contributed by atoms with Crippen molar-refractivity contribution in [2.75, 3.05) is 0 Å². The van der Waals surface area contributed by atoms with Gasteiger partial charge in [-0.05, 0) is 22.9 Å². The van der Waals surface area contributed by atoms with Crippen molar-refractivity contribution in [3.05, 3.63) is 30.1 Å². The molecule has 0 radical (unpaired) electrons. The molecule has 0 aliphatic carbocycles. The molecule has 76 valence electrons. The van der Waals surface area contributed by atoms with Crippen molar-refractivity contribution in [3.63, 3.8) is 0 Å². The molecule has 0 N–H and O–H groups in total. The minimum Gasteiger partial charge on any atom is -0.862 e. The Morgan fingerprint density at radius 1 is 1.47 bits per heavy atom. The van der Waals surface area contributed by atoms with Gasteiger partial charge in [-0.15, -0.1) is 0 Å². The molecule has 1 aromatic rings. The van der Waals surface area contributed by atoms with E-state index in [0.717, 1.165) is 5.56 Å². The van der Waals surface area contributed by atoms with Gasteiger partial charge in [0.2, 0.25) is 0 Å². The van der Waals surface area contributed by atoms with E-state index in [2.05, 4.69) is 9.98 Å². The fourth-order valence-corrected chi connectivity index (χ4v) is 0.892. The van der Waals surface area contributed by atoms with Gasteiger partial charge in [0.25, 0.3) is 0 Å². The van der Waals surface area contributed by atoms with Crippen molar-refractivity contribution >= 4 is 5.90 Å². The maximum Gasteiger partial charge on any atom is 1.00 e. The summed E-state index contributed by atoms with van der Waals surface area (Å²) in [4.78, 5) is 7.94. The van der Waals surface area contributed by atoms with Gasteiger partial charge in [0, 0.05) is 12.4 Å². The van der Waals surface area contributed by atoms with Crippen LogP contribution in [0.2, 0.25) is 0 Å². The van der Waals surface area contributed by atoms with E-state index >= 15 is 0 Å². The van der Waals surface area contributed by atoms with Crippen LogP contribution < -0.4 is 24.0 Å². The van der Waals surface area contributed by atoms with Crippen LogP contribution in [0.5, 0.6) is 0 Å². The van der Waals surface area contributed by atoms with E-state index in [1.807, 2.05) is 32.9 Å². The third-order valence-corrected chi connectivity index (χ3v) is 1.77. The molecule has 1 aromatic heterocycles. The van der Waals surface area contributed by atoms with Gasteiger partial charge in [-0.25, -0.2) is 0 Å². The Morgan fingerprint density at radius 2 is 2.13 bits per heavy atom. The molecule has 0 aliphatic rings. The van der Waals surface area contributed by atoms with Crippen molar-refractivity contribution in [2.24, 2.45) is 10.4 Å². The second kappa shape index (κ2) is 5.94. The van der Waals surface area contributed by atoms with E-state index in [1.54, 1.807) is 12.4 Å². The van der Waals surface area contributed by atoms with Crippen LogP contribution in [-0.4, -0.2) is 10.9 Å². The van der Waals surface area contributed by atoms with E-state index in [0.29, 0.717) is 6.54 Å². The largest absolute Gasteiger partial charge is 1.00 e.